The molecule has 1 N–H and O–H groups in total. The van der Waals surface area contributed by atoms with Crippen molar-refractivity contribution in [3.05, 3.63) is 85.5 Å². The standard InChI is InChI=1S/C17H9N3O3/c18-9-10-5-7-11(8-6-10)17(23)20-19-14-15(21)12-3-1-2-4-13(12)16(14)22/h1-8H,(H,20,23). The number of nitrogens with zero attached hydrogens (tertiary/aromatic N) is 2. The minimum Gasteiger partial charge on any atom is -0.287 e. The van der Waals surface area contributed by atoms with Crippen LogP contribution in [0.25, 0.3) is 10.8 Å². The van der Waals surface area contributed by atoms with Crippen LogP contribution >= 0.6 is 0 Å². The highest BCUT2D eigenvalue weighted by molar-refractivity contribution is 5.94. The van der Waals surface area contributed by atoms with Crippen molar-refractivity contribution in [1.82, 2.24) is 5.43 Å². The summed E-state index contributed by atoms with van der Waals surface area (Å²) in [5.41, 5.74) is 1.87. The van der Waals surface area contributed by atoms with Crippen LogP contribution in [-0.2, 0) is 0 Å². The molecule has 6 heteroatoms. The number of hydrogen-bond acceptors (Lipinski definition) is 5. The second kappa shape index (κ2) is 5.66. The Bertz CT molecular complexity index is 1050. The van der Waals surface area contributed by atoms with E-state index < -0.39 is 16.8 Å². The first-order valence-electron chi connectivity index (χ1n) is 6.68. The molecule has 0 aromatic heterocycles. The van der Waals surface area contributed by atoms with Gasteiger partial charge in [-0.3, -0.25) is 14.4 Å². The summed E-state index contributed by atoms with van der Waals surface area (Å²) in [6.45, 7) is 0. The molecule has 0 saturated heterocycles. The first kappa shape index (κ1) is 14.4. The lowest BCUT2D eigenvalue weighted by Gasteiger charge is -1.98. The van der Waals surface area contributed by atoms with Gasteiger partial charge in [-0.2, -0.15) is 10.4 Å². The smallest absolute Gasteiger partial charge is 0.271 e. The van der Waals surface area contributed by atoms with Crippen molar-refractivity contribution < 1.29 is 4.79 Å². The van der Waals surface area contributed by atoms with Gasteiger partial charge in [-0.25, -0.2) is 5.43 Å². The number of benzene rings is 2. The van der Waals surface area contributed by atoms with E-state index in [0.717, 1.165) is 0 Å². The quantitative estimate of drug-likeness (QED) is 0.699. The maximum absolute atomic E-state index is 12.1. The molecule has 0 aliphatic rings. The van der Waals surface area contributed by atoms with E-state index >= 15 is 0 Å². The lowest BCUT2D eigenvalue weighted by Crippen LogP contribution is -2.35. The second-order valence-corrected chi connectivity index (χ2v) is 4.79. The topological polar surface area (TPSA) is 99.4 Å². The molecule has 0 bridgehead atoms. The van der Waals surface area contributed by atoms with Crippen molar-refractivity contribution in [2.75, 3.05) is 0 Å². The molecule has 0 radical (unpaired) electrons. The van der Waals surface area contributed by atoms with Gasteiger partial charge in [0.15, 0.2) is 5.36 Å². The lowest BCUT2D eigenvalue weighted by atomic mass is 10.1. The van der Waals surface area contributed by atoms with Crippen molar-refractivity contribution in [2.24, 2.45) is 5.10 Å². The predicted molar refractivity (Wildman–Crippen MR) is 83.0 cm³/mol. The molecule has 6 nitrogen and oxygen atoms in total. The number of hydrogen-bond donors (Lipinski definition) is 1. The number of rotatable bonds is 2. The fourth-order valence-electron chi connectivity index (χ4n) is 2.21. The van der Waals surface area contributed by atoms with Crippen LogP contribution in [0.15, 0.2) is 63.2 Å². The van der Waals surface area contributed by atoms with Gasteiger partial charge in [0, 0.05) is 16.3 Å². The Labute approximate surface area is 129 Å². The summed E-state index contributed by atoms with van der Waals surface area (Å²) in [7, 11) is 0. The van der Waals surface area contributed by atoms with E-state index in [0.29, 0.717) is 5.56 Å². The molecular weight excluding hydrogens is 294 g/mol. The summed E-state index contributed by atoms with van der Waals surface area (Å²) >= 11 is 0. The monoisotopic (exact) mass is 303 g/mol. The fourth-order valence-corrected chi connectivity index (χ4v) is 2.21. The third-order valence-corrected chi connectivity index (χ3v) is 3.39. The molecule has 0 atom stereocenters. The largest absolute Gasteiger partial charge is 0.287 e. The van der Waals surface area contributed by atoms with Crippen LogP contribution in [0.2, 0.25) is 0 Å². The van der Waals surface area contributed by atoms with Crippen molar-refractivity contribution in [3.63, 3.8) is 0 Å². The Morgan fingerprint density at radius 3 is 2.04 bits per heavy atom. The van der Waals surface area contributed by atoms with Gasteiger partial charge < -0.3 is 0 Å². The minimum atomic E-state index is -0.571. The predicted octanol–water partition coefficient (Wildman–Crippen LogP) is 0.553. The number of carbonyl (C=O) groups excluding carboxylic acids is 1. The summed E-state index contributed by atoms with van der Waals surface area (Å²) < 4.78 is 0. The van der Waals surface area contributed by atoms with Crippen molar-refractivity contribution in [2.45, 2.75) is 0 Å². The molecule has 0 aliphatic heterocycles. The van der Waals surface area contributed by atoms with Crippen LogP contribution in [0.5, 0.6) is 0 Å². The molecule has 110 valence electrons. The number of amides is 1. The molecule has 0 spiro atoms. The van der Waals surface area contributed by atoms with Crippen molar-refractivity contribution in [1.29, 1.82) is 5.26 Å². The maximum atomic E-state index is 12.1. The Hall–Kier alpha value is -3.59. The molecule has 1 amide bonds. The van der Waals surface area contributed by atoms with Crippen LogP contribution in [0.4, 0.5) is 0 Å². The summed E-state index contributed by atoms with van der Waals surface area (Å²) in [6.07, 6.45) is 0. The van der Waals surface area contributed by atoms with E-state index in [1.54, 1.807) is 24.3 Å². The van der Waals surface area contributed by atoms with E-state index in [-0.39, 0.29) is 21.7 Å². The normalized spacial score (nSPS) is 10.2. The van der Waals surface area contributed by atoms with Gasteiger partial charge >= 0.3 is 0 Å². The highest BCUT2D eigenvalue weighted by Crippen LogP contribution is 2.03. The second-order valence-electron chi connectivity index (χ2n) is 4.79. The zero-order chi connectivity index (χ0) is 16.4. The van der Waals surface area contributed by atoms with Gasteiger partial charge in [-0.05, 0) is 24.3 Å². The Kier molecular flexibility index (Phi) is 3.53. The van der Waals surface area contributed by atoms with Crippen molar-refractivity contribution in [3.8, 4) is 6.07 Å². The highest BCUT2D eigenvalue weighted by Gasteiger charge is 2.11. The first-order valence-corrected chi connectivity index (χ1v) is 6.68. The third kappa shape index (κ3) is 2.51. The lowest BCUT2D eigenvalue weighted by molar-refractivity contribution is 0.0953. The van der Waals surface area contributed by atoms with Gasteiger partial charge in [0.25, 0.3) is 5.91 Å². The molecular formula is C17H9N3O3. The molecule has 0 aliphatic carbocycles. The number of nitriles is 1. The zero-order valence-electron chi connectivity index (χ0n) is 11.7. The van der Waals surface area contributed by atoms with Gasteiger partial charge in [-0.1, -0.05) is 24.3 Å². The van der Waals surface area contributed by atoms with Gasteiger partial charge in [0.1, 0.15) is 0 Å². The van der Waals surface area contributed by atoms with Gasteiger partial charge in [-0.15, -0.1) is 0 Å². The molecule has 23 heavy (non-hydrogen) atoms. The van der Waals surface area contributed by atoms with Crippen LogP contribution in [0.1, 0.15) is 15.9 Å². The molecule has 3 aromatic rings. The summed E-state index contributed by atoms with van der Waals surface area (Å²) in [4.78, 5) is 36.2. The van der Waals surface area contributed by atoms with E-state index in [1.807, 2.05) is 6.07 Å². The zero-order valence-corrected chi connectivity index (χ0v) is 11.7. The molecule has 0 unspecified atom stereocenters. The SMILES string of the molecule is N#Cc1ccc(C(=O)NN=c2c(=O)c3ccccc3c2=O)cc1. The van der Waals surface area contributed by atoms with E-state index in [4.69, 9.17) is 5.26 Å². The molecule has 0 heterocycles. The van der Waals surface area contributed by atoms with Crippen LogP contribution in [0.3, 0.4) is 0 Å². The number of carbonyl (C=O) groups is 1. The minimum absolute atomic E-state index is 0.267. The van der Waals surface area contributed by atoms with Crippen LogP contribution in [0, 0.1) is 11.3 Å². The molecule has 0 saturated carbocycles. The third-order valence-electron chi connectivity index (χ3n) is 3.39. The van der Waals surface area contributed by atoms with Crippen LogP contribution in [-0.4, -0.2) is 5.91 Å². The van der Waals surface area contributed by atoms with E-state index in [2.05, 4.69) is 10.5 Å². The Balaban J connectivity index is 1.97. The van der Waals surface area contributed by atoms with E-state index in [1.165, 1.54) is 24.3 Å². The molecule has 3 aromatic carbocycles. The Morgan fingerprint density at radius 2 is 1.52 bits per heavy atom. The fraction of sp³-hybridized carbons (Fsp3) is 0. The van der Waals surface area contributed by atoms with E-state index in [9.17, 15) is 14.4 Å². The first-order chi connectivity index (χ1) is 11.1. The number of fused-ring (bicyclic) bond motifs is 1. The average Bonchev–Trinajstić information content (AvgIpc) is 2.84. The summed E-state index contributed by atoms with van der Waals surface area (Å²) in [6, 6.07) is 14.2. The van der Waals surface area contributed by atoms with Gasteiger partial charge in [0.2, 0.25) is 10.9 Å². The maximum Gasteiger partial charge on any atom is 0.271 e. The summed E-state index contributed by atoms with van der Waals surface area (Å²) in [5.74, 6) is -0.571. The Morgan fingerprint density at radius 1 is 0.957 bits per heavy atom. The highest BCUT2D eigenvalue weighted by atomic mass is 16.2. The molecule has 3 rings (SSSR count). The average molecular weight is 303 g/mol. The summed E-state index contributed by atoms with van der Waals surface area (Å²) in [5, 5.41) is 12.6. The van der Waals surface area contributed by atoms with Gasteiger partial charge in [0.05, 0.1) is 11.6 Å². The molecule has 0 fully saturated rings. The van der Waals surface area contributed by atoms with Crippen molar-refractivity contribution >= 4 is 16.7 Å². The van der Waals surface area contributed by atoms with Crippen LogP contribution < -0.4 is 21.6 Å². The number of nitrogens with one attached hydrogen (secondary N) is 1.